The number of carbonyl (C=O) groups is 1. The van der Waals surface area contributed by atoms with Gasteiger partial charge in [0.25, 0.3) is 0 Å². The Labute approximate surface area is 118 Å². The molecule has 3 rings (SSSR count). The Balaban J connectivity index is 1.94. The molecule has 1 aliphatic rings. The summed E-state index contributed by atoms with van der Waals surface area (Å²) in [6.07, 6.45) is 0.304. The van der Waals surface area contributed by atoms with Gasteiger partial charge in [-0.15, -0.1) is 0 Å². The average Bonchev–Trinajstić information content (AvgIpc) is 2.47. The van der Waals surface area contributed by atoms with Gasteiger partial charge in [0.15, 0.2) is 0 Å². The minimum atomic E-state index is -0.265. The maximum absolute atomic E-state index is 11.3. The van der Waals surface area contributed by atoms with Crippen LogP contribution >= 0.6 is 0 Å². The summed E-state index contributed by atoms with van der Waals surface area (Å²) in [7, 11) is 0. The predicted octanol–water partition coefficient (Wildman–Crippen LogP) is 3.81. The SMILES string of the molecule is CC(=O)O[C@@H]1C[C@@H](c2ccccc2)Oc2ccccc21. The van der Waals surface area contributed by atoms with E-state index < -0.39 is 0 Å². The molecular weight excluding hydrogens is 252 g/mol. The highest BCUT2D eigenvalue weighted by molar-refractivity contribution is 5.66. The maximum Gasteiger partial charge on any atom is 0.303 e. The molecule has 3 heteroatoms. The largest absolute Gasteiger partial charge is 0.485 e. The predicted molar refractivity (Wildman–Crippen MR) is 75.4 cm³/mol. The normalized spacial score (nSPS) is 20.6. The highest BCUT2D eigenvalue weighted by Crippen LogP contribution is 2.42. The zero-order valence-corrected chi connectivity index (χ0v) is 11.3. The molecule has 0 aromatic heterocycles. The summed E-state index contributed by atoms with van der Waals surface area (Å²) in [6, 6.07) is 17.7. The van der Waals surface area contributed by atoms with Gasteiger partial charge < -0.3 is 9.47 Å². The fourth-order valence-electron chi connectivity index (χ4n) is 2.56. The molecule has 2 aromatic rings. The van der Waals surface area contributed by atoms with Gasteiger partial charge in [0, 0.05) is 18.9 Å². The standard InChI is InChI=1S/C17H16O3/c1-12(18)19-17-11-16(13-7-3-2-4-8-13)20-15-10-6-5-9-14(15)17/h2-10,16-17H,11H2,1H3/t16-,17+/m0/s1. The lowest BCUT2D eigenvalue weighted by Gasteiger charge is -2.31. The van der Waals surface area contributed by atoms with Gasteiger partial charge in [0.1, 0.15) is 18.0 Å². The van der Waals surface area contributed by atoms with Crippen LogP contribution in [0.1, 0.15) is 36.7 Å². The number of ether oxygens (including phenoxy) is 2. The van der Waals surface area contributed by atoms with Crippen LogP contribution in [0, 0.1) is 0 Å². The van der Waals surface area contributed by atoms with Crippen LogP contribution in [0.15, 0.2) is 54.6 Å². The number of benzene rings is 2. The van der Waals surface area contributed by atoms with E-state index in [0.717, 1.165) is 16.9 Å². The molecule has 0 saturated carbocycles. The average molecular weight is 268 g/mol. The number of esters is 1. The van der Waals surface area contributed by atoms with Gasteiger partial charge in [0.2, 0.25) is 0 Å². The van der Waals surface area contributed by atoms with Gasteiger partial charge in [-0.3, -0.25) is 4.79 Å². The summed E-state index contributed by atoms with van der Waals surface area (Å²) in [5.41, 5.74) is 2.04. The van der Waals surface area contributed by atoms with Gasteiger partial charge >= 0.3 is 5.97 Å². The van der Waals surface area contributed by atoms with Crippen molar-refractivity contribution < 1.29 is 14.3 Å². The van der Waals surface area contributed by atoms with Crippen molar-refractivity contribution in [3.05, 3.63) is 65.7 Å². The van der Waals surface area contributed by atoms with Gasteiger partial charge in [0.05, 0.1) is 0 Å². The molecule has 0 N–H and O–H groups in total. The van der Waals surface area contributed by atoms with E-state index >= 15 is 0 Å². The molecule has 0 spiro atoms. The van der Waals surface area contributed by atoms with Crippen LogP contribution in [0.5, 0.6) is 5.75 Å². The molecule has 2 atom stereocenters. The van der Waals surface area contributed by atoms with Crippen LogP contribution in [0.25, 0.3) is 0 Å². The first kappa shape index (κ1) is 12.7. The Kier molecular flexibility index (Phi) is 3.42. The van der Waals surface area contributed by atoms with Crippen LogP contribution in [0.2, 0.25) is 0 Å². The van der Waals surface area contributed by atoms with E-state index in [1.165, 1.54) is 6.92 Å². The molecule has 20 heavy (non-hydrogen) atoms. The van der Waals surface area contributed by atoms with Crippen molar-refractivity contribution in [3.63, 3.8) is 0 Å². The molecular formula is C17H16O3. The first-order valence-corrected chi connectivity index (χ1v) is 6.72. The van der Waals surface area contributed by atoms with Crippen LogP contribution in [-0.2, 0) is 9.53 Å². The summed E-state index contributed by atoms with van der Waals surface area (Å²) >= 11 is 0. The molecule has 0 saturated heterocycles. The highest BCUT2D eigenvalue weighted by Gasteiger charge is 2.30. The zero-order valence-electron chi connectivity index (χ0n) is 11.3. The molecule has 0 aliphatic carbocycles. The molecule has 0 bridgehead atoms. The second-order valence-corrected chi connectivity index (χ2v) is 4.89. The van der Waals surface area contributed by atoms with Gasteiger partial charge in [-0.25, -0.2) is 0 Å². The van der Waals surface area contributed by atoms with Crippen molar-refractivity contribution in [2.45, 2.75) is 25.6 Å². The Morgan fingerprint density at radius 2 is 1.80 bits per heavy atom. The van der Waals surface area contributed by atoms with E-state index in [0.29, 0.717) is 6.42 Å². The third-order valence-electron chi connectivity index (χ3n) is 3.44. The van der Waals surface area contributed by atoms with Crippen molar-refractivity contribution >= 4 is 5.97 Å². The second kappa shape index (κ2) is 5.37. The quantitative estimate of drug-likeness (QED) is 0.777. The molecule has 1 heterocycles. The van der Waals surface area contributed by atoms with Crippen LogP contribution < -0.4 is 4.74 Å². The summed E-state index contributed by atoms with van der Waals surface area (Å²) in [4.78, 5) is 11.3. The molecule has 1 aliphatic heterocycles. The topological polar surface area (TPSA) is 35.5 Å². The lowest BCUT2D eigenvalue weighted by molar-refractivity contribution is -0.149. The monoisotopic (exact) mass is 268 g/mol. The summed E-state index contributed by atoms with van der Waals surface area (Å²) < 4.78 is 11.5. The fourth-order valence-corrected chi connectivity index (χ4v) is 2.56. The van der Waals surface area contributed by atoms with E-state index in [1.807, 2.05) is 54.6 Å². The first-order valence-electron chi connectivity index (χ1n) is 6.72. The first-order chi connectivity index (χ1) is 9.74. The lowest BCUT2D eigenvalue weighted by Crippen LogP contribution is -2.22. The Morgan fingerprint density at radius 3 is 2.55 bits per heavy atom. The number of hydrogen-bond acceptors (Lipinski definition) is 3. The van der Waals surface area contributed by atoms with E-state index in [9.17, 15) is 4.79 Å². The number of hydrogen-bond donors (Lipinski definition) is 0. The van der Waals surface area contributed by atoms with E-state index in [4.69, 9.17) is 9.47 Å². The second-order valence-electron chi connectivity index (χ2n) is 4.89. The number of rotatable bonds is 2. The van der Waals surface area contributed by atoms with Crippen LogP contribution in [0.3, 0.4) is 0 Å². The van der Waals surface area contributed by atoms with Crippen LogP contribution in [-0.4, -0.2) is 5.97 Å². The molecule has 0 amide bonds. The minimum absolute atomic E-state index is 0.0875. The molecule has 3 nitrogen and oxygen atoms in total. The van der Waals surface area contributed by atoms with E-state index in [-0.39, 0.29) is 18.2 Å². The Bertz CT molecular complexity index is 607. The molecule has 0 fully saturated rings. The van der Waals surface area contributed by atoms with Crippen molar-refractivity contribution in [2.24, 2.45) is 0 Å². The number of para-hydroxylation sites is 1. The smallest absolute Gasteiger partial charge is 0.303 e. The van der Waals surface area contributed by atoms with Gasteiger partial charge in [-0.05, 0) is 11.6 Å². The molecule has 2 aromatic carbocycles. The van der Waals surface area contributed by atoms with Crippen molar-refractivity contribution in [1.82, 2.24) is 0 Å². The summed E-state index contributed by atoms with van der Waals surface area (Å²) in [6.45, 7) is 1.44. The Hall–Kier alpha value is -2.29. The third kappa shape index (κ3) is 2.52. The summed E-state index contributed by atoms with van der Waals surface area (Å²) in [5.74, 6) is 0.525. The zero-order chi connectivity index (χ0) is 13.9. The lowest BCUT2D eigenvalue weighted by atomic mass is 9.95. The maximum atomic E-state index is 11.3. The van der Waals surface area contributed by atoms with E-state index in [2.05, 4.69) is 0 Å². The Morgan fingerprint density at radius 1 is 1.10 bits per heavy atom. The third-order valence-corrected chi connectivity index (χ3v) is 3.44. The highest BCUT2D eigenvalue weighted by atomic mass is 16.6. The van der Waals surface area contributed by atoms with Crippen LogP contribution in [0.4, 0.5) is 0 Å². The van der Waals surface area contributed by atoms with Crippen molar-refractivity contribution in [2.75, 3.05) is 0 Å². The minimum Gasteiger partial charge on any atom is -0.485 e. The number of carbonyl (C=O) groups excluding carboxylic acids is 1. The van der Waals surface area contributed by atoms with Crippen molar-refractivity contribution in [3.8, 4) is 5.75 Å². The molecule has 0 radical (unpaired) electrons. The fraction of sp³-hybridized carbons (Fsp3) is 0.235. The van der Waals surface area contributed by atoms with Gasteiger partial charge in [-0.2, -0.15) is 0 Å². The van der Waals surface area contributed by atoms with Crippen molar-refractivity contribution in [1.29, 1.82) is 0 Å². The van der Waals surface area contributed by atoms with Gasteiger partial charge in [-0.1, -0.05) is 48.5 Å². The molecule has 102 valence electrons. The number of fused-ring (bicyclic) bond motifs is 1. The summed E-state index contributed by atoms with van der Waals surface area (Å²) in [5, 5.41) is 0. The molecule has 0 unspecified atom stereocenters. The van der Waals surface area contributed by atoms with E-state index in [1.54, 1.807) is 0 Å².